The molecule has 1 aromatic carbocycles. The van der Waals surface area contributed by atoms with Crippen molar-refractivity contribution in [2.45, 2.75) is 16.8 Å². The molecule has 1 amide bonds. The zero-order chi connectivity index (χ0) is 14.5. The molecule has 1 fully saturated rings. The van der Waals surface area contributed by atoms with Crippen LogP contribution in [0.4, 0.5) is 14.5 Å². The van der Waals surface area contributed by atoms with Gasteiger partial charge in [0, 0.05) is 0 Å². The van der Waals surface area contributed by atoms with E-state index in [1.807, 2.05) is 0 Å². The second kappa shape index (κ2) is 7.21. The number of hydrogen-bond donors (Lipinski definition) is 1. The minimum Gasteiger partial charge on any atom is -0.376 e. The molecule has 1 heterocycles. The quantitative estimate of drug-likeness (QED) is 0.865. The SMILES string of the molecule is O=C(Nc1cccc(Cl)c1SC(F)F)[C@@H]1COCCO1. The molecule has 110 valence electrons. The van der Waals surface area contributed by atoms with E-state index < -0.39 is 17.8 Å². The van der Waals surface area contributed by atoms with Crippen molar-refractivity contribution in [3.63, 3.8) is 0 Å². The van der Waals surface area contributed by atoms with Crippen LogP contribution >= 0.6 is 23.4 Å². The Balaban J connectivity index is 2.11. The molecule has 0 radical (unpaired) electrons. The largest absolute Gasteiger partial charge is 0.376 e. The van der Waals surface area contributed by atoms with Crippen molar-refractivity contribution >= 4 is 35.0 Å². The van der Waals surface area contributed by atoms with Crippen LogP contribution in [-0.4, -0.2) is 37.6 Å². The average molecular weight is 324 g/mol. The van der Waals surface area contributed by atoms with Crippen molar-refractivity contribution in [2.24, 2.45) is 0 Å². The van der Waals surface area contributed by atoms with Gasteiger partial charge in [0.1, 0.15) is 0 Å². The van der Waals surface area contributed by atoms with Crippen molar-refractivity contribution in [2.75, 3.05) is 25.1 Å². The first-order chi connectivity index (χ1) is 9.58. The molecule has 20 heavy (non-hydrogen) atoms. The van der Waals surface area contributed by atoms with Gasteiger partial charge in [-0.3, -0.25) is 4.79 Å². The molecule has 1 aliphatic rings. The van der Waals surface area contributed by atoms with Crippen LogP contribution in [0, 0.1) is 0 Å². The fourth-order valence-electron chi connectivity index (χ4n) is 1.67. The number of halogens is 3. The lowest BCUT2D eigenvalue weighted by Crippen LogP contribution is -2.39. The number of carbonyl (C=O) groups is 1. The maximum Gasteiger partial charge on any atom is 0.289 e. The van der Waals surface area contributed by atoms with Gasteiger partial charge < -0.3 is 14.8 Å². The smallest absolute Gasteiger partial charge is 0.289 e. The van der Waals surface area contributed by atoms with Gasteiger partial charge in [0.25, 0.3) is 11.7 Å². The molecule has 2 rings (SSSR count). The van der Waals surface area contributed by atoms with Gasteiger partial charge in [-0.05, 0) is 12.1 Å². The van der Waals surface area contributed by atoms with Gasteiger partial charge in [-0.2, -0.15) is 8.78 Å². The number of carbonyl (C=O) groups excluding carboxylic acids is 1. The molecular formula is C12H12ClF2NO3S. The molecule has 4 nitrogen and oxygen atoms in total. The van der Waals surface area contributed by atoms with E-state index in [1.165, 1.54) is 12.1 Å². The molecule has 0 aromatic heterocycles. The first-order valence-corrected chi connectivity index (χ1v) is 7.07. The minimum absolute atomic E-state index is 0.134. The van der Waals surface area contributed by atoms with Crippen LogP contribution in [0.25, 0.3) is 0 Å². The summed E-state index contributed by atoms with van der Waals surface area (Å²) in [6.45, 7) is 0.906. The molecule has 8 heteroatoms. The monoisotopic (exact) mass is 323 g/mol. The Bertz CT molecular complexity index is 484. The topological polar surface area (TPSA) is 47.6 Å². The molecular weight excluding hydrogens is 312 g/mol. The third kappa shape index (κ3) is 4.05. The van der Waals surface area contributed by atoms with Crippen LogP contribution in [0.15, 0.2) is 23.1 Å². The molecule has 1 aromatic rings. The van der Waals surface area contributed by atoms with Gasteiger partial charge in [0.15, 0.2) is 6.10 Å². The molecule has 1 N–H and O–H groups in total. The van der Waals surface area contributed by atoms with Crippen LogP contribution in [0.3, 0.4) is 0 Å². The van der Waals surface area contributed by atoms with Crippen molar-refractivity contribution in [3.8, 4) is 0 Å². The Kier molecular flexibility index (Phi) is 5.59. The van der Waals surface area contributed by atoms with Crippen LogP contribution in [-0.2, 0) is 14.3 Å². The summed E-state index contributed by atoms with van der Waals surface area (Å²) < 4.78 is 35.4. The second-order valence-electron chi connectivity index (χ2n) is 3.92. The third-order valence-corrected chi connectivity index (χ3v) is 3.82. The summed E-state index contributed by atoms with van der Waals surface area (Å²) in [6, 6.07) is 4.58. The normalized spacial score (nSPS) is 19.1. The predicted octanol–water partition coefficient (Wildman–Crippen LogP) is 3.01. The van der Waals surface area contributed by atoms with Gasteiger partial charge in [0.2, 0.25) is 0 Å². The summed E-state index contributed by atoms with van der Waals surface area (Å²) in [5.74, 6) is -3.07. The summed E-state index contributed by atoms with van der Waals surface area (Å²) in [5.41, 5.74) is 0.238. The summed E-state index contributed by atoms with van der Waals surface area (Å²) in [4.78, 5) is 12.1. The maximum absolute atomic E-state index is 12.5. The third-order valence-electron chi connectivity index (χ3n) is 2.54. The fourth-order valence-corrected chi connectivity index (χ4v) is 2.58. The van der Waals surface area contributed by atoms with Crippen molar-refractivity contribution in [1.82, 2.24) is 0 Å². The first-order valence-electron chi connectivity index (χ1n) is 5.81. The molecule has 0 bridgehead atoms. The summed E-state index contributed by atoms with van der Waals surface area (Å²) in [5, 5.41) is 2.70. The van der Waals surface area contributed by atoms with Gasteiger partial charge >= 0.3 is 0 Å². The van der Waals surface area contributed by atoms with E-state index in [-0.39, 0.29) is 34.0 Å². The number of amides is 1. The lowest BCUT2D eigenvalue weighted by Gasteiger charge is -2.22. The number of rotatable bonds is 4. The molecule has 1 saturated heterocycles. The zero-order valence-electron chi connectivity index (χ0n) is 10.3. The molecule has 0 aliphatic carbocycles. The van der Waals surface area contributed by atoms with Crippen molar-refractivity contribution < 1.29 is 23.0 Å². The van der Waals surface area contributed by atoms with Gasteiger partial charge in [0.05, 0.1) is 35.4 Å². The number of hydrogen-bond acceptors (Lipinski definition) is 4. The van der Waals surface area contributed by atoms with Gasteiger partial charge in [-0.25, -0.2) is 0 Å². The van der Waals surface area contributed by atoms with E-state index in [4.69, 9.17) is 21.1 Å². The van der Waals surface area contributed by atoms with E-state index in [0.29, 0.717) is 13.2 Å². The Labute approximate surface area is 123 Å². The second-order valence-corrected chi connectivity index (χ2v) is 5.33. The van der Waals surface area contributed by atoms with Crippen LogP contribution in [0.5, 0.6) is 0 Å². The van der Waals surface area contributed by atoms with Crippen LogP contribution in [0.1, 0.15) is 0 Å². The highest BCUT2D eigenvalue weighted by Crippen LogP contribution is 2.37. The highest BCUT2D eigenvalue weighted by atomic mass is 35.5. The average Bonchev–Trinajstić information content (AvgIpc) is 2.43. The highest BCUT2D eigenvalue weighted by Gasteiger charge is 2.24. The van der Waals surface area contributed by atoms with E-state index >= 15 is 0 Å². The zero-order valence-corrected chi connectivity index (χ0v) is 11.8. The minimum atomic E-state index is -2.63. The number of thioether (sulfide) groups is 1. The van der Waals surface area contributed by atoms with Crippen molar-refractivity contribution in [1.29, 1.82) is 0 Å². The Morgan fingerprint density at radius 1 is 1.45 bits per heavy atom. The van der Waals surface area contributed by atoms with Crippen LogP contribution < -0.4 is 5.32 Å². The van der Waals surface area contributed by atoms with Crippen molar-refractivity contribution in [3.05, 3.63) is 23.2 Å². The highest BCUT2D eigenvalue weighted by molar-refractivity contribution is 7.99. The number of benzene rings is 1. The summed E-state index contributed by atoms with van der Waals surface area (Å²) in [6.07, 6.45) is -0.743. The Hall–Kier alpha value is -0.890. The predicted molar refractivity (Wildman–Crippen MR) is 72.5 cm³/mol. The number of nitrogens with one attached hydrogen (secondary N) is 1. The molecule has 0 unspecified atom stereocenters. The van der Waals surface area contributed by atoms with E-state index in [9.17, 15) is 13.6 Å². The number of anilines is 1. The molecule has 1 aliphatic heterocycles. The van der Waals surface area contributed by atoms with E-state index in [1.54, 1.807) is 6.07 Å². The van der Waals surface area contributed by atoms with Crippen LogP contribution in [0.2, 0.25) is 5.02 Å². The number of alkyl halides is 2. The lowest BCUT2D eigenvalue weighted by molar-refractivity contribution is -0.142. The Morgan fingerprint density at radius 3 is 2.90 bits per heavy atom. The fraction of sp³-hybridized carbons (Fsp3) is 0.417. The standard InChI is InChI=1S/C12H12ClF2NO3S/c13-7-2-1-3-8(10(7)20-12(14)15)16-11(17)9-6-18-4-5-19-9/h1-3,9,12H,4-6H2,(H,16,17)/t9-/m0/s1. The first kappa shape index (κ1) is 15.5. The number of ether oxygens (including phenoxy) is 2. The summed E-state index contributed by atoms with van der Waals surface area (Å²) >= 11 is 6.17. The summed E-state index contributed by atoms with van der Waals surface area (Å²) in [7, 11) is 0. The molecule has 1 atom stereocenters. The van der Waals surface area contributed by atoms with Gasteiger partial charge in [-0.1, -0.05) is 29.4 Å². The maximum atomic E-state index is 12.5. The van der Waals surface area contributed by atoms with E-state index in [2.05, 4.69) is 5.32 Å². The molecule has 0 saturated carbocycles. The lowest BCUT2D eigenvalue weighted by atomic mass is 10.2. The molecule has 0 spiro atoms. The van der Waals surface area contributed by atoms with E-state index in [0.717, 1.165) is 0 Å². The Morgan fingerprint density at radius 2 is 2.25 bits per heavy atom. The van der Waals surface area contributed by atoms with Gasteiger partial charge in [-0.15, -0.1) is 0 Å².